The number of aryl methyl sites for hydroxylation is 1. The number of nitrogens with zero attached hydrogens (tertiary/aromatic N) is 1. The molecule has 1 aromatic heterocycles. The highest BCUT2D eigenvalue weighted by Crippen LogP contribution is 2.22. The molecule has 0 radical (unpaired) electrons. The minimum atomic E-state index is -0.561. The van der Waals surface area contributed by atoms with Crippen LogP contribution in [0.15, 0.2) is 30.3 Å². The van der Waals surface area contributed by atoms with E-state index in [1.165, 1.54) is 0 Å². The number of benzene rings is 1. The van der Waals surface area contributed by atoms with E-state index in [0.717, 1.165) is 17.1 Å². The van der Waals surface area contributed by atoms with Crippen LogP contribution in [0.4, 0.5) is 0 Å². The predicted molar refractivity (Wildman–Crippen MR) is 84.3 cm³/mol. The quantitative estimate of drug-likeness (QED) is 0.912. The van der Waals surface area contributed by atoms with Gasteiger partial charge in [0.2, 0.25) is 0 Å². The van der Waals surface area contributed by atoms with Gasteiger partial charge in [0.05, 0.1) is 11.7 Å². The summed E-state index contributed by atoms with van der Waals surface area (Å²) in [7, 11) is 0. The number of carbonyl (C=O) groups is 1. The number of aromatic nitrogens is 1. The second-order valence-electron chi connectivity index (χ2n) is 5.16. The van der Waals surface area contributed by atoms with E-state index in [9.17, 15) is 9.90 Å². The number of amides is 1. The lowest BCUT2D eigenvalue weighted by Gasteiger charge is -2.10. The molecular weight excluding hydrogens is 288 g/mol. The van der Waals surface area contributed by atoms with Gasteiger partial charge in [-0.2, -0.15) is 0 Å². The summed E-state index contributed by atoms with van der Waals surface area (Å²) in [6.07, 6.45) is -0.561. The molecule has 0 aliphatic carbocycles. The lowest BCUT2D eigenvalue weighted by Crippen LogP contribution is -2.30. The molecule has 2 rings (SSSR count). The number of hydrogen-bond acceptors (Lipinski definition) is 2. The van der Waals surface area contributed by atoms with Gasteiger partial charge in [0.15, 0.2) is 0 Å². The lowest BCUT2D eigenvalue weighted by molar-refractivity contribution is 0.0923. The average molecular weight is 307 g/mol. The van der Waals surface area contributed by atoms with Crippen molar-refractivity contribution in [3.05, 3.63) is 52.3 Å². The molecule has 112 valence electrons. The van der Waals surface area contributed by atoms with Crippen molar-refractivity contribution < 1.29 is 9.90 Å². The molecule has 1 unspecified atom stereocenters. The van der Waals surface area contributed by atoms with Crippen LogP contribution in [0.2, 0.25) is 5.02 Å². The maximum absolute atomic E-state index is 12.2. The van der Waals surface area contributed by atoms with Crippen LogP contribution in [0, 0.1) is 13.8 Å². The van der Waals surface area contributed by atoms with E-state index in [-0.39, 0.29) is 12.5 Å². The fourth-order valence-electron chi connectivity index (χ4n) is 2.32. The molecule has 0 aliphatic rings. The number of nitrogens with one attached hydrogen (secondary N) is 1. The number of aliphatic hydroxyl groups excluding tert-OH is 1. The van der Waals surface area contributed by atoms with Crippen LogP contribution >= 0.6 is 11.6 Å². The Hall–Kier alpha value is -1.78. The molecule has 1 heterocycles. The summed E-state index contributed by atoms with van der Waals surface area (Å²) >= 11 is 5.91. The summed E-state index contributed by atoms with van der Waals surface area (Å²) in [5.41, 5.74) is 3.40. The van der Waals surface area contributed by atoms with Crippen molar-refractivity contribution in [3.8, 4) is 5.69 Å². The van der Waals surface area contributed by atoms with Crippen molar-refractivity contribution in [1.82, 2.24) is 9.88 Å². The maximum atomic E-state index is 12.2. The van der Waals surface area contributed by atoms with Crippen LogP contribution in [-0.2, 0) is 0 Å². The van der Waals surface area contributed by atoms with E-state index >= 15 is 0 Å². The Kier molecular flexibility index (Phi) is 4.70. The molecule has 1 amide bonds. The Morgan fingerprint density at radius 3 is 2.52 bits per heavy atom. The summed E-state index contributed by atoms with van der Waals surface area (Å²) in [6.45, 7) is 5.73. The van der Waals surface area contributed by atoms with Crippen LogP contribution in [0.25, 0.3) is 5.69 Å². The molecular formula is C16H19ClN2O2. The molecule has 0 fully saturated rings. The fourth-order valence-corrected chi connectivity index (χ4v) is 2.44. The molecule has 21 heavy (non-hydrogen) atoms. The molecule has 4 nitrogen and oxygen atoms in total. The lowest BCUT2D eigenvalue weighted by atomic mass is 10.2. The van der Waals surface area contributed by atoms with E-state index < -0.39 is 6.10 Å². The summed E-state index contributed by atoms with van der Waals surface area (Å²) in [5, 5.41) is 12.6. The molecule has 0 saturated heterocycles. The molecule has 0 saturated carbocycles. The van der Waals surface area contributed by atoms with Gasteiger partial charge in [-0.15, -0.1) is 0 Å². The number of carbonyl (C=O) groups excluding carboxylic acids is 1. The van der Waals surface area contributed by atoms with Gasteiger partial charge in [-0.1, -0.05) is 11.6 Å². The van der Waals surface area contributed by atoms with Crippen LogP contribution in [0.5, 0.6) is 0 Å². The van der Waals surface area contributed by atoms with Crippen LogP contribution in [0.3, 0.4) is 0 Å². The Bertz CT molecular complexity index is 645. The van der Waals surface area contributed by atoms with Gasteiger partial charge in [-0.25, -0.2) is 0 Å². The van der Waals surface area contributed by atoms with E-state index in [1.54, 1.807) is 6.92 Å². The van der Waals surface area contributed by atoms with Crippen LogP contribution in [0.1, 0.15) is 28.7 Å². The number of aliphatic hydroxyl groups is 1. The third-order valence-corrected chi connectivity index (χ3v) is 3.57. The van der Waals surface area contributed by atoms with Crippen molar-refractivity contribution in [2.45, 2.75) is 26.9 Å². The summed E-state index contributed by atoms with van der Waals surface area (Å²) in [4.78, 5) is 12.2. The topological polar surface area (TPSA) is 54.3 Å². The zero-order valence-corrected chi connectivity index (χ0v) is 13.1. The van der Waals surface area contributed by atoms with Crippen molar-refractivity contribution in [2.75, 3.05) is 6.54 Å². The minimum Gasteiger partial charge on any atom is -0.392 e. The van der Waals surface area contributed by atoms with Crippen molar-refractivity contribution in [2.24, 2.45) is 0 Å². The molecule has 0 spiro atoms. The van der Waals surface area contributed by atoms with E-state index in [0.29, 0.717) is 10.6 Å². The number of hydrogen-bond donors (Lipinski definition) is 2. The van der Waals surface area contributed by atoms with Gasteiger partial charge < -0.3 is 15.0 Å². The molecule has 0 bridgehead atoms. The third kappa shape index (κ3) is 3.46. The smallest absolute Gasteiger partial charge is 0.253 e. The molecule has 0 aliphatic heterocycles. The van der Waals surface area contributed by atoms with E-state index in [1.807, 2.05) is 48.7 Å². The highest BCUT2D eigenvalue weighted by molar-refractivity contribution is 6.30. The SMILES string of the molecule is Cc1cc(C(=O)NCC(C)O)c(C)n1-c1ccc(Cl)cc1. The monoisotopic (exact) mass is 306 g/mol. The highest BCUT2D eigenvalue weighted by atomic mass is 35.5. The second kappa shape index (κ2) is 6.33. The Labute approximate surface area is 129 Å². The molecule has 2 N–H and O–H groups in total. The van der Waals surface area contributed by atoms with Gasteiger partial charge in [0.25, 0.3) is 5.91 Å². The summed E-state index contributed by atoms with van der Waals surface area (Å²) in [6, 6.07) is 9.33. The highest BCUT2D eigenvalue weighted by Gasteiger charge is 2.16. The summed E-state index contributed by atoms with van der Waals surface area (Å²) in [5.74, 6) is -0.177. The zero-order chi connectivity index (χ0) is 15.6. The number of rotatable bonds is 4. The predicted octanol–water partition coefficient (Wildman–Crippen LogP) is 2.86. The first-order valence-electron chi connectivity index (χ1n) is 6.81. The van der Waals surface area contributed by atoms with Gasteiger partial charge in [-0.05, 0) is 51.1 Å². The van der Waals surface area contributed by atoms with Crippen molar-refractivity contribution in [1.29, 1.82) is 0 Å². The number of halogens is 1. The largest absolute Gasteiger partial charge is 0.392 e. The third-order valence-electron chi connectivity index (χ3n) is 3.32. The van der Waals surface area contributed by atoms with E-state index in [2.05, 4.69) is 5.32 Å². The van der Waals surface area contributed by atoms with Gasteiger partial charge in [-0.3, -0.25) is 4.79 Å². The Morgan fingerprint density at radius 1 is 1.33 bits per heavy atom. The fraction of sp³-hybridized carbons (Fsp3) is 0.312. The minimum absolute atomic E-state index is 0.177. The first-order chi connectivity index (χ1) is 9.90. The first kappa shape index (κ1) is 15.6. The maximum Gasteiger partial charge on any atom is 0.253 e. The zero-order valence-electron chi connectivity index (χ0n) is 12.4. The molecule has 1 aromatic carbocycles. The van der Waals surface area contributed by atoms with Crippen molar-refractivity contribution >= 4 is 17.5 Å². The average Bonchev–Trinajstić information content (AvgIpc) is 2.73. The van der Waals surface area contributed by atoms with Crippen LogP contribution < -0.4 is 5.32 Å². The molecule has 5 heteroatoms. The standard InChI is InChI=1S/C16H19ClN2O2/c1-10-8-15(16(21)18-9-11(2)20)12(3)19(10)14-6-4-13(17)5-7-14/h4-8,11,20H,9H2,1-3H3,(H,18,21). The summed E-state index contributed by atoms with van der Waals surface area (Å²) < 4.78 is 2.01. The Morgan fingerprint density at radius 2 is 1.95 bits per heavy atom. The second-order valence-corrected chi connectivity index (χ2v) is 5.59. The molecule has 2 aromatic rings. The Balaban J connectivity index is 2.33. The normalized spacial score (nSPS) is 12.2. The van der Waals surface area contributed by atoms with Crippen molar-refractivity contribution in [3.63, 3.8) is 0 Å². The van der Waals surface area contributed by atoms with Crippen LogP contribution in [-0.4, -0.2) is 28.2 Å². The van der Waals surface area contributed by atoms with Gasteiger partial charge in [0, 0.05) is 28.6 Å². The van der Waals surface area contributed by atoms with Gasteiger partial charge in [0.1, 0.15) is 0 Å². The molecule has 1 atom stereocenters. The van der Waals surface area contributed by atoms with Gasteiger partial charge >= 0.3 is 0 Å². The first-order valence-corrected chi connectivity index (χ1v) is 7.19. The van der Waals surface area contributed by atoms with E-state index in [4.69, 9.17) is 11.6 Å².